The Morgan fingerprint density at radius 2 is 1.72 bits per heavy atom. The summed E-state index contributed by atoms with van der Waals surface area (Å²) in [5, 5.41) is 15.4. The monoisotopic (exact) mass is 494 g/mol. The largest absolute Gasteiger partial charge is 0.493 e. The number of tetrazole rings is 1. The van der Waals surface area contributed by atoms with Gasteiger partial charge in [-0.3, -0.25) is 14.5 Å². The van der Waals surface area contributed by atoms with E-state index in [1.807, 2.05) is 31.2 Å². The lowest BCUT2D eigenvalue weighted by molar-refractivity contribution is -0.126. The molecule has 0 saturated heterocycles. The lowest BCUT2D eigenvalue weighted by atomic mass is 10.1. The maximum atomic E-state index is 13.4. The van der Waals surface area contributed by atoms with Crippen molar-refractivity contribution in [3.63, 3.8) is 0 Å². The predicted octanol–water partition coefficient (Wildman–Crippen LogP) is 3.25. The van der Waals surface area contributed by atoms with Crippen molar-refractivity contribution in [1.29, 1.82) is 0 Å². The Hall–Kier alpha value is -3.95. The van der Waals surface area contributed by atoms with Gasteiger partial charge in [0, 0.05) is 17.8 Å². The van der Waals surface area contributed by atoms with Gasteiger partial charge in [0.05, 0.1) is 14.2 Å². The second-order valence-electron chi connectivity index (χ2n) is 8.96. The molecule has 1 aromatic heterocycles. The van der Waals surface area contributed by atoms with Gasteiger partial charge in [-0.15, -0.1) is 10.2 Å². The van der Waals surface area contributed by atoms with Crippen LogP contribution in [-0.4, -0.2) is 58.8 Å². The first-order chi connectivity index (χ1) is 17.2. The van der Waals surface area contributed by atoms with E-state index in [0.717, 1.165) is 12.0 Å². The highest BCUT2D eigenvalue weighted by Crippen LogP contribution is 2.30. The third kappa shape index (κ3) is 6.59. The number of carbonyl (C=O) groups excluding carboxylic acids is 2. The van der Waals surface area contributed by atoms with Crippen molar-refractivity contribution in [2.24, 2.45) is 5.92 Å². The van der Waals surface area contributed by atoms with Gasteiger partial charge in [-0.1, -0.05) is 31.5 Å². The van der Waals surface area contributed by atoms with Gasteiger partial charge in [0.25, 0.3) is 5.91 Å². The summed E-state index contributed by atoms with van der Waals surface area (Å²) in [5.74, 6) is 1.37. The van der Waals surface area contributed by atoms with Crippen LogP contribution in [0.5, 0.6) is 11.5 Å². The smallest absolute Gasteiger partial charge is 0.251 e. The van der Waals surface area contributed by atoms with Gasteiger partial charge in [-0.2, -0.15) is 4.80 Å². The summed E-state index contributed by atoms with van der Waals surface area (Å²) in [6.45, 7) is 8.24. The fraction of sp³-hybridized carbons (Fsp3) is 0.423. The van der Waals surface area contributed by atoms with E-state index in [1.54, 1.807) is 39.3 Å². The first kappa shape index (κ1) is 26.7. The fourth-order valence-electron chi connectivity index (χ4n) is 3.64. The lowest BCUT2D eigenvalue weighted by Crippen LogP contribution is -2.49. The second kappa shape index (κ2) is 12.1. The van der Waals surface area contributed by atoms with Crippen LogP contribution in [0.15, 0.2) is 42.5 Å². The van der Waals surface area contributed by atoms with Crippen LogP contribution in [0, 0.1) is 12.8 Å². The molecule has 0 aliphatic carbocycles. The van der Waals surface area contributed by atoms with E-state index in [9.17, 15) is 9.59 Å². The topological polar surface area (TPSA) is 111 Å². The molecule has 2 aromatic carbocycles. The molecule has 10 heteroatoms. The standard InChI is InChI=1S/C26H34N6O4/c1-17(2)13-14-27-26(34)19(4)32(21-10-7-18(3)8-11-21)24(33)16-31-29-25(28-30-31)20-9-12-22(35-5)23(15-20)36-6/h7-12,15,17,19H,13-14,16H2,1-6H3,(H,27,34)/t19-/m1/s1. The molecule has 1 heterocycles. The molecule has 3 rings (SSSR count). The highest BCUT2D eigenvalue weighted by molar-refractivity contribution is 6.00. The van der Waals surface area contributed by atoms with Crippen LogP contribution in [0.1, 0.15) is 32.8 Å². The fourth-order valence-corrected chi connectivity index (χ4v) is 3.64. The number of ether oxygens (including phenoxy) is 2. The highest BCUT2D eigenvalue weighted by Gasteiger charge is 2.28. The third-order valence-electron chi connectivity index (χ3n) is 5.74. The molecule has 36 heavy (non-hydrogen) atoms. The number of hydrogen-bond acceptors (Lipinski definition) is 7. The zero-order valence-electron chi connectivity index (χ0n) is 21.7. The Morgan fingerprint density at radius 1 is 1.03 bits per heavy atom. The van der Waals surface area contributed by atoms with Crippen LogP contribution in [-0.2, 0) is 16.1 Å². The number of nitrogens with zero attached hydrogens (tertiary/aromatic N) is 5. The Morgan fingerprint density at radius 3 is 2.36 bits per heavy atom. The van der Waals surface area contributed by atoms with E-state index in [4.69, 9.17) is 9.47 Å². The molecule has 1 N–H and O–H groups in total. The minimum absolute atomic E-state index is 0.183. The maximum absolute atomic E-state index is 13.4. The van der Waals surface area contributed by atoms with Crippen molar-refractivity contribution < 1.29 is 19.1 Å². The van der Waals surface area contributed by atoms with Crippen molar-refractivity contribution in [3.05, 3.63) is 48.0 Å². The quantitative estimate of drug-likeness (QED) is 0.435. The van der Waals surface area contributed by atoms with Gasteiger partial charge in [0.1, 0.15) is 12.6 Å². The van der Waals surface area contributed by atoms with Gasteiger partial charge in [-0.05, 0) is 61.7 Å². The number of methoxy groups -OCH3 is 2. The molecule has 192 valence electrons. The first-order valence-electron chi connectivity index (χ1n) is 11.9. The molecular weight excluding hydrogens is 460 g/mol. The van der Waals surface area contributed by atoms with Crippen molar-refractivity contribution >= 4 is 17.5 Å². The molecular formula is C26H34N6O4. The van der Waals surface area contributed by atoms with Crippen LogP contribution in [0.25, 0.3) is 11.4 Å². The summed E-state index contributed by atoms with van der Waals surface area (Å²) >= 11 is 0. The summed E-state index contributed by atoms with van der Waals surface area (Å²) in [5.41, 5.74) is 2.34. The number of anilines is 1. The summed E-state index contributed by atoms with van der Waals surface area (Å²) in [4.78, 5) is 29.0. The molecule has 2 amide bonds. The van der Waals surface area contributed by atoms with Gasteiger partial charge in [0.15, 0.2) is 11.5 Å². The number of hydrogen-bond donors (Lipinski definition) is 1. The predicted molar refractivity (Wildman–Crippen MR) is 137 cm³/mol. The Kier molecular flexibility index (Phi) is 8.99. The van der Waals surface area contributed by atoms with Crippen LogP contribution in [0.4, 0.5) is 5.69 Å². The molecule has 0 spiro atoms. The van der Waals surface area contributed by atoms with E-state index in [-0.39, 0.29) is 18.4 Å². The third-order valence-corrected chi connectivity index (χ3v) is 5.74. The van der Waals surface area contributed by atoms with Crippen LogP contribution in [0.2, 0.25) is 0 Å². The van der Waals surface area contributed by atoms with Crippen LogP contribution < -0.4 is 19.7 Å². The molecule has 0 aliphatic heterocycles. The number of amides is 2. The number of rotatable bonds is 11. The summed E-state index contributed by atoms with van der Waals surface area (Å²) in [6.07, 6.45) is 0.860. The minimum atomic E-state index is -0.721. The molecule has 0 aliphatic rings. The van der Waals surface area contributed by atoms with Gasteiger partial charge < -0.3 is 14.8 Å². The maximum Gasteiger partial charge on any atom is 0.251 e. The molecule has 0 fully saturated rings. The number of aryl methyl sites for hydroxylation is 1. The van der Waals surface area contributed by atoms with E-state index in [1.165, 1.54) is 9.70 Å². The minimum Gasteiger partial charge on any atom is -0.493 e. The van der Waals surface area contributed by atoms with Crippen molar-refractivity contribution in [2.45, 2.75) is 46.7 Å². The number of aromatic nitrogens is 4. The van der Waals surface area contributed by atoms with Crippen LogP contribution in [0.3, 0.4) is 0 Å². The molecule has 0 saturated carbocycles. The summed E-state index contributed by atoms with van der Waals surface area (Å²) in [6, 6.07) is 12.0. The Bertz CT molecular complexity index is 1180. The molecule has 0 radical (unpaired) electrons. The van der Waals surface area contributed by atoms with E-state index in [2.05, 4.69) is 34.6 Å². The van der Waals surface area contributed by atoms with Gasteiger partial charge in [-0.25, -0.2) is 0 Å². The molecule has 1 atom stereocenters. The van der Waals surface area contributed by atoms with Crippen molar-refractivity contribution in [2.75, 3.05) is 25.7 Å². The average molecular weight is 495 g/mol. The zero-order chi connectivity index (χ0) is 26.2. The molecule has 10 nitrogen and oxygen atoms in total. The van der Waals surface area contributed by atoms with Gasteiger partial charge in [0.2, 0.25) is 11.7 Å². The summed E-state index contributed by atoms with van der Waals surface area (Å²) < 4.78 is 10.6. The Labute approximate surface area is 211 Å². The highest BCUT2D eigenvalue weighted by atomic mass is 16.5. The Balaban J connectivity index is 1.80. The lowest BCUT2D eigenvalue weighted by Gasteiger charge is -2.28. The average Bonchev–Trinajstić information content (AvgIpc) is 3.32. The molecule has 0 unspecified atom stereocenters. The number of benzene rings is 2. The van der Waals surface area contributed by atoms with Crippen molar-refractivity contribution in [1.82, 2.24) is 25.5 Å². The van der Waals surface area contributed by atoms with E-state index >= 15 is 0 Å². The van der Waals surface area contributed by atoms with E-state index < -0.39 is 6.04 Å². The number of carbonyl (C=O) groups is 2. The molecule has 3 aromatic rings. The molecule has 0 bridgehead atoms. The van der Waals surface area contributed by atoms with Crippen LogP contribution >= 0.6 is 0 Å². The second-order valence-corrected chi connectivity index (χ2v) is 8.96. The zero-order valence-corrected chi connectivity index (χ0v) is 21.7. The summed E-state index contributed by atoms with van der Waals surface area (Å²) in [7, 11) is 3.10. The number of nitrogens with one attached hydrogen (secondary N) is 1. The SMILES string of the molecule is COc1ccc(-c2nnn(CC(=O)N(c3ccc(C)cc3)[C@H](C)C(=O)NCCC(C)C)n2)cc1OC. The first-order valence-corrected chi connectivity index (χ1v) is 11.9. The van der Waals surface area contributed by atoms with Crippen molar-refractivity contribution in [3.8, 4) is 22.9 Å². The normalized spacial score (nSPS) is 11.8. The van der Waals surface area contributed by atoms with Gasteiger partial charge >= 0.3 is 0 Å². The van der Waals surface area contributed by atoms with E-state index in [0.29, 0.717) is 41.0 Å².